The predicted molar refractivity (Wildman–Crippen MR) is 107 cm³/mol. The van der Waals surface area contributed by atoms with Gasteiger partial charge in [-0.25, -0.2) is 9.38 Å². The van der Waals surface area contributed by atoms with Gasteiger partial charge in [0, 0.05) is 36.0 Å². The third-order valence-electron chi connectivity index (χ3n) is 4.19. The first kappa shape index (κ1) is 19.5. The molecule has 0 saturated carbocycles. The van der Waals surface area contributed by atoms with Gasteiger partial charge in [0.15, 0.2) is 0 Å². The average Bonchev–Trinajstić information content (AvgIpc) is 3.11. The van der Waals surface area contributed by atoms with Crippen molar-refractivity contribution in [2.24, 2.45) is 10.2 Å². The Labute approximate surface area is 172 Å². The number of non-ortho nitro benzene ring substituents is 2. The van der Waals surface area contributed by atoms with Gasteiger partial charge in [0.2, 0.25) is 5.78 Å². The van der Waals surface area contributed by atoms with E-state index in [2.05, 4.69) is 20.3 Å². The van der Waals surface area contributed by atoms with Crippen molar-refractivity contribution in [2.75, 3.05) is 0 Å². The number of benzene rings is 2. The number of hydrogen-bond donors (Lipinski definition) is 0. The molecular formula is C18H12N8O5. The molecule has 0 N–H and O–H groups in total. The molecule has 0 spiro atoms. The minimum atomic E-state index is -0.567. The molecule has 4 rings (SSSR count). The maximum absolute atomic E-state index is 12.6. The lowest BCUT2D eigenvalue weighted by Crippen LogP contribution is -2.14. The zero-order valence-corrected chi connectivity index (χ0v) is 15.8. The summed E-state index contributed by atoms with van der Waals surface area (Å²) in [7, 11) is 0. The number of aromatic nitrogens is 4. The number of nitro benzene ring substituents is 2. The molecule has 154 valence electrons. The lowest BCUT2D eigenvalue weighted by atomic mass is 10.3. The Balaban J connectivity index is 1.88. The van der Waals surface area contributed by atoms with Gasteiger partial charge >= 0.3 is 0 Å². The molecular weight excluding hydrogens is 408 g/mol. The Morgan fingerprint density at radius 2 is 1.61 bits per heavy atom. The molecule has 0 bridgehead atoms. The van der Waals surface area contributed by atoms with Gasteiger partial charge in [0.05, 0.1) is 21.2 Å². The van der Waals surface area contributed by atoms with Gasteiger partial charge < -0.3 is 0 Å². The number of nitrogens with zero attached hydrogens (tertiary/aromatic N) is 8. The molecule has 13 nitrogen and oxygen atoms in total. The van der Waals surface area contributed by atoms with Crippen molar-refractivity contribution >= 4 is 28.8 Å². The molecule has 2 aromatic carbocycles. The van der Waals surface area contributed by atoms with Crippen molar-refractivity contribution in [3.63, 3.8) is 0 Å². The quantitative estimate of drug-likeness (QED) is 0.271. The van der Waals surface area contributed by atoms with Crippen molar-refractivity contribution in [3.8, 4) is 5.69 Å². The van der Waals surface area contributed by atoms with Gasteiger partial charge in [0.25, 0.3) is 22.9 Å². The number of aryl methyl sites for hydroxylation is 1. The molecule has 0 saturated heterocycles. The number of hydrogen-bond acceptors (Lipinski definition) is 9. The Hall–Kier alpha value is -4.81. The third kappa shape index (κ3) is 3.74. The summed E-state index contributed by atoms with van der Waals surface area (Å²) in [6.45, 7) is 1.62. The van der Waals surface area contributed by atoms with Crippen LogP contribution >= 0.6 is 0 Å². The smallest absolute Gasteiger partial charge is 0.269 e. The van der Waals surface area contributed by atoms with Crippen molar-refractivity contribution < 1.29 is 9.85 Å². The van der Waals surface area contributed by atoms with Crippen LogP contribution in [-0.2, 0) is 0 Å². The molecule has 0 aliphatic rings. The highest BCUT2D eigenvalue weighted by atomic mass is 16.6. The van der Waals surface area contributed by atoms with E-state index in [1.165, 1.54) is 53.2 Å². The SMILES string of the molecule is Cc1cc(=O)n2c(N=Nc3cccc([N+](=O)[O-])c3)nn(-c3cccc([N+](=O)[O-])c3)c2n1. The lowest BCUT2D eigenvalue weighted by molar-refractivity contribution is -0.385. The predicted octanol–water partition coefficient (Wildman–Crippen LogP) is 3.42. The fourth-order valence-electron chi connectivity index (χ4n) is 2.84. The molecule has 0 aliphatic heterocycles. The van der Waals surface area contributed by atoms with Crippen LogP contribution in [0.15, 0.2) is 69.6 Å². The summed E-state index contributed by atoms with van der Waals surface area (Å²) in [5.41, 5.74) is 0.0751. The molecule has 0 aliphatic carbocycles. The largest absolute Gasteiger partial charge is 0.276 e. The Kier molecular flexibility index (Phi) is 4.75. The molecule has 0 atom stereocenters. The molecule has 2 aromatic heterocycles. The maximum Gasteiger partial charge on any atom is 0.276 e. The standard InChI is InChI=1S/C18H12N8O5/c1-11-8-16(27)23-17(21-20-12-4-2-6-14(9-12)25(28)29)22-24(18(23)19-11)13-5-3-7-15(10-13)26(30)31/h2-10H,1H3. The number of nitro groups is 2. The van der Waals surface area contributed by atoms with E-state index in [0.717, 1.165) is 4.40 Å². The molecule has 0 radical (unpaired) electrons. The molecule has 13 heteroatoms. The van der Waals surface area contributed by atoms with Crippen LogP contribution < -0.4 is 5.56 Å². The van der Waals surface area contributed by atoms with Crippen LogP contribution in [0, 0.1) is 27.2 Å². The highest BCUT2D eigenvalue weighted by molar-refractivity contribution is 5.51. The minimum absolute atomic E-state index is 0.0819. The number of fused-ring (bicyclic) bond motifs is 1. The third-order valence-corrected chi connectivity index (χ3v) is 4.19. The van der Waals surface area contributed by atoms with E-state index in [4.69, 9.17) is 0 Å². The van der Waals surface area contributed by atoms with Crippen LogP contribution in [0.2, 0.25) is 0 Å². The van der Waals surface area contributed by atoms with Crippen LogP contribution in [0.25, 0.3) is 11.5 Å². The summed E-state index contributed by atoms with van der Waals surface area (Å²) in [4.78, 5) is 37.8. The number of azo groups is 1. The highest BCUT2D eigenvalue weighted by Crippen LogP contribution is 2.24. The van der Waals surface area contributed by atoms with Crippen LogP contribution in [0.5, 0.6) is 0 Å². The van der Waals surface area contributed by atoms with Crippen LogP contribution in [0.4, 0.5) is 23.0 Å². The molecule has 0 amide bonds. The van der Waals surface area contributed by atoms with Crippen molar-refractivity contribution in [1.29, 1.82) is 0 Å². The summed E-state index contributed by atoms with van der Waals surface area (Å²) in [6.07, 6.45) is 0. The normalized spacial score (nSPS) is 11.3. The van der Waals surface area contributed by atoms with Gasteiger partial charge in [-0.15, -0.1) is 15.3 Å². The van der Waals surface area contributed by atoms with Gasteiger partial charge in [-0.3, -0.25) is 25.0 Å². The second-order valence-corrected chi connectivity index (χ2v) is 6.34. The van der Waals surface area contributed by atoms with Gasteiger partial charge in [-0.05, 0) is 19.1 Å². The monoisotopic (exact) mass is 420 g/mol. The summed E-state index contributed by atoms with van der Waals surface area (Å²) in [5.74, 6) is -0.0657. The summed E-state index contributed by atoms with van der Waals surface area (Å²) >= 11 is 0. The first-order chi connectivity index (χ1) is 14.8. The lowest BCUT2D eigenvalue weighted by Gasteiger charge is -2.02. The van der Waals surface area contributed by atoms with Crippen LogP contribution in [0.3, 0.4) is 0 Å². The second-order valence-electron chi connectivity index (χ2n) is 6.34. The van der Waals surface area contributed by atoms with E-state index in [9.17, 15) is 25.0 Å². The van der Waals surface area contributed by atoms with Crippen LogP contribution in [-0.4, -0.2) is 29.0 Å². The Morgan fingerprint density at radius 1 is 0.935 bits per heavy atom. The minimum Gasteiger partial charge on any atom is -0.269 e. The first-order valence-corrected chi connectivity index (χ1v) is 8.74. The zero-order valence-electron chi connectivity index (χ0n) is 15.8. The van der Waals surface area contributed by atoms with E-state index in [1.807, 2.05) is 0 Å². The molecule has 0 unspecified atom stereocenters. The fraction of sp³-hybridized carbons (Fsp3) is 0.0556. The Bertz CT molecular complexity index is 1440. The molecule has 0 fully saturated rings. The highest BCUT2D eigenvalue weighted by Gasteiger charge is 2.17. The molecule has 2 heterocycles. The van der Waals surface area contributed by atoms with E-state index in [-0.39, 0.29) is 28.8 Å². The second kappa shape index (κ2) is 7.55. The van der Waals surface area contributed by atoms with Gasteiger partial charge in [-0.2, -0.15) is 4.68 Å². The van der Waals surface area contributed by atoms with Crippen molar-refractivity contribution in [1.82, 2.24) is 19.2 Å². The molecule has 4 aromatic rings. The fourth-order valence-corrected chi connectivity index (χ4v) is 2.84. The summed E-state index contributed by atoms with van der Waals surface area (Å²) < 4.78 is 2.33. The van der Waals surface area contributed by atoms with E-state index < -0.39 is 15.4 Å². The van der Waals surface area contributed by atoms with Gasteiger partial charge in [0.1, 0.15) is 0 Å². The van der Waals surface area contributed by atoms with Crippen LogP contribution in [0.1, 0.15) is 5.69 Å². The van der Waals surface area contributed by atoms with E-state index in [1.54, 1.807) is 13.0 Å². The topological polar surface area (TPSA) is 163 Å². The summed E-state index contributed by atoms with van der Waals surface area (Å²) in [5, 5.41) is 34.2. The van der Waals surface area contributed by atoms with E-state index >= 15 is 0 Å². The maximum atomic E-state index is 12.6. The van der Waals surface area contributed by atoms with Crippen molar-refractivity contribution in [2.45, 2.75) is 6.92 Å². The van der Waals surface area contributed by atoms with E-state index in [0.29, 0.717) is 11.4 Å². The summed E-state index contributed by atoms with van der Waals surface area (Å²) in [6, 6.07) is 12.4. The van der Waals surface area contributed by atoms with Crippen molar-refractivity contribution in [3.05, 3.63) is 90.9 Å². The molecule has 31 heavy (non-hydrogen) atoms. The zero-order chi connectivity index (χ0) is 22.1. The van der Waals surface area contributed by atoms with Gasteiger partial charge in [-0.1, -0.05) is 12.1 Å². The number of rotatable bonds is 5. The average molecular weight is 420 g/mol. The first-order valence-electron chi connectivity index (χ1n) is 8.74. The Morgan fingerprint density at radius 3 is 2.32 bits per heavy atom.